The molecule has 0 aliphatic rings. The van der Waals surface area contributed by atoms with Crippen molar-refractivity contribution >= 4 is 19.7 Å². The predicted octanol–water partition coefficient (Wildman–Crippen LogP) is 0.397. The van der Waals surface area contributed by atoms with Crippen molar-refractivity contribution in [3.05, 3.63) is 30.3 Å². The van der Waals surface area contributed by atoms with Crippen LogP contribution in [0.5, 0.6) is 5.75 Å². The second-order valence-electron chi connectivity index (χ2n) is 2.07. The maximum Gasteiger partial charge on any atom is 0.711 e. The monoisotopic (exact) mass is 203 g/mol. The van der Waals surface area contributed by atoms with Crippen LogP contribution in [0.25, 0.3) is 0 Å². The van der Waals surface area contributed by atoms with Gasteiger partial charge in [-0.25, -0.2) is 0 Å². The van der Waals surface area contributed by atoms with E-state index in [0.29, 0.717) is 5.75 Å². The highest BCUT2D eigenvalue weighted by Crippen LogP contribution is 2.08. The van der Waals surface area contributed by atoms with Gasteiger partial charge in [0.1, 0.15) is 5.75 Å². The molecule has 1 aromatic carbocycles. The number of rotatable bonds is 4. The first kappa shape index (κ1) is 12.3. The van der Waals surface area contributed by atoms with E-state index in [1.807, 2.05) is 6.07 Å². The van der Waals surface area contributed by atoms with Gasteiger partial charge in [0, 0.05) is 0 Å². The number of nitrogens with two attached hydrogens (primary N) is 1. The van der Waals surface area contributed by atoms with Gasteiger partial charge >= 0.3 is 7.32 Å². The summed E-state index contributed by atoms with van der Waals surface area (Å²) in [5, 5.41) is 8.98. The van der Waals surface area contributed by atoms with E-state index in [1.54, 1.807) is 24.3 Å². The van der Waals surface area contributed by atoms with Gasteiger partial charge in [0.25, 0.3) is 0 Å². The van der Waals surface area contributed by atoms with Crippen molar-refractivity contribution in [1.29, 1.82) is 0 Å². The second kappa shape index (κ2) is 6.74. The summed E-state index contributed by atoms with van der Waals surface area (Å²) in [7, 11) is -1.29. The molecule has 0 bridgehead atoms. The fourth-order valence-corrected chi connectivity index (χ4v) is 0.732. The Bertz CT molecular complexity index is 224. The molecule has 0 heterocycles. The van der Waals surface area contributed by atoms with Crippen LogP contribution in [0, 0.1) is 0 Å². The van der Waals surface area contributed by atoms with Gasteiger partial charge in [-0.05, 0) is 12.1 Å². The van der Waals surface area contributed by atoms with Crippen LogP contribution in [0.4, 0.5) is 0 Å². The fourth-order valence-electron chi connectivity index (χ4n) is 0.732. The summed E-state index contributed by atoms with van der Waals surface area (Å²) in [4.78, 5) is 0. The van der Waals surface area contributed by atoms with Gasteiger partial charge in [0.15, 0.2) is 0 Å². The molecule has 0 unspecified atom stereocenters. The average molecular weight is 203 g/mol. The molecule has 4 nitrogen and oxygen atoms in total. The minimum atomic E-state index is -1.29. The van der Waals surface area contributed by atoms with E-state index in [-0.39, 0.29) is 19.1 Å². The number of para-hydroxylation sites is 1. The van der Waals surface area contributed by atoms with Gasteiger partial charge in [0.05, 0.1) is 6.73 Å². The Hall–Kier alpha value is -0.745. The second-order valence-corrected chi connectivity index (χ2v) is 2.07. The number of hydrogen-bond donors (Lipinski definition) is 2. The summed E-state index contributed by atoms with van der Waals surface area (Å²) in [6.45, 7) is -0.0754. The molecule has 0 aliphatic heterocycles. The lowest BCUT2D eigenvalue weighted by Gasteiger charge is -2.07. The van der Waals surface area contributed by atoms with Gasteiger partial charge in [0.2, 0.25) is 0 Å². The van der Waals surface area contributed by atoms with E-state index in [2.05, 4.69) is 4.65 Å². The van der Waals surface area contributed by atoms with Crippen LogP contribution in [0.1, 0.15) is 0 Å². The lowest BCUT2D eigenvalue weighted by atomic mass is 10.2. The minimum absolute atomic E-state index is 0. The van der Waals surface area contributed by atoms with Crippen molar-refractivity contribution in [2.45, 2.75) is 0 Å². The molecule has 0 saturated heterocycles. The van der Waals surface area contributed by atoms with Crippen LogP contribution in [0.3, 0.4) is 0 Å². The molecule has 1 aromatic rings. The van der Waals surface area contributed by atoms with Crippen molar-refractivity contribution < 1.29 is 14.3 Å². The van der Waals surface area contributed by atoms with E-state index >= 15 is 0 Å². The molecule has 6 heteroatoms. The van der Waals surface area contributed by atoms with E-state index in [0.717, 1.165) is 0 Å². The van der Waals surface area contributed by atoms with Gasteiger partial charge < -0.3 is 20.1 Å². The van der Waals surface area contributed by atoms with Crippen molar-refractivity contribution in [3.8, 4) is 5.75 Å². The molecule has 0 saturated carbocycles. The van der Waals surface area contributed by atoms with E-state index < -0.39 is 7.32 Å². The zero-order valence-corrected chi connectivity index (χ0v) is 7.74. The highest BCUT2D eigenvalue weighted by Gasteiger charge is 2.16. The standard InChI is InChI=1S/C7H10BNO3.ClH/c9-6-11-8(10)12-7-4-2-1-3-5-7;/h1-5,10H,6,9H2;1H. The van der Waals surface area contributed by atoms with Crippen molar-refractivity contribution in [1.82, 2.24) is 0 Å². The SMILES string of the molecule is Cl.NCOB(O)Oc1ccccc1. The number of hydrogen-bond acceptors (Lipinski definition) is 4. The summed E-state index contributed by atoms with van der Waals surface area (Å²) in [5.74, 6) is 0.540. The van der Waals surface area contributed by atoms with E-state index in [4.69, 9.17) is 15.4 Å². The van der Waals surface area contributed by atoms with Crippen LogP contribution >= 0.6 is 12.4 Å². The summed E-state index contributed by atoms with van der Waals surface area (Å²) in [6.07, 6.45) is 0. The third-order valence-corrected chi connectivity index (χ3v) is 1.22. The third-order valence-electron chi connectivity index (χ3n) is 1.22. The van der Waals surface area contributed by atoms with Crippen LogP contribution < -0.4 is 10.4 Å². The molecule has 1 rings (SSSR count). The van der Waals surface area contributed by atoms with Crippen molar-refractivity contribution in [2.24, 2.45) is 5.73 Å². The Kier molecular flexibility index (Phi) is 6.35. The van der Waals surface area contributed by atoms with Crippen LogP contribution in [0.2, 0.25) is 0 Å². The van der Waals surface area contributed by atoms with Gasteiger partial charge in [-0.3, -0.25) is 0 Å². The van der Waals surface area contributed by atoms with E-state index in [1.165, 1.54) is 0 Å². The topological polar surface area (TPSA) is 64.7 Å². The highest BCUT2D eigenvalue weighted by molar-refractivity contribution is 6.35. The highest BCUT2D eigenvalue weighted by atomic mass is 35.5. The smallest absolute Gasteiger partial charge is 0.512 e. The summed E-state index contributed by atoms with van der Waals surface area (Å²) < 4.78 is 9.46. The molecule has 0 aromatic heterocycles. The number of halogens is 1. The summed E-state index contributed by atoms with van der Waals surface area (Å²) >= 11 is 0. The fraction of sp³-hybridized carbons (Fsp3) is 0.143. The molecule has 72 valence electrons. The molecular weight excluding hydrogens is 192 g/mol. The van der Waals surface area contributed by atoms with Crippen LogP contribution in [0.15, 0.2) is 30.3 Å². The molecule has 0 radical (unpaired) electrons. The molecule has 0 aliphatic carbocycles. The normalized spacial score (nSPS) is 8.77. The molecule has 0 atom stereocenters. The van der Waals surface area contributed by atoms with E-state index in [9.17, 15) is 0 Å². The van der Waals surface area contributed by atoms with Crippen LogP contribution in [-0.4, -0.2) is 19.1 Å². The van der Waals surface area contributed by atoms with Gasteiger partial charge in [-0.2, -0.15) is 0 Å². The zero-order valence-electron chi connectivity index (χ0n) is 6.92. The van der Waals surface area contributed by atoms with Gasteiger partial charge in [-0.1, -0.05) is 18.2 Å². The van der Waals surface area contributed by atoms with Crippen molar-refractivity contribution in [3.63, 3.8) is 0 Å². The van der Waals surface area contributed by atoms with Crippen LogP contribution in [-0.2, 0) is 4.65 Å². The zero-order chi connectivity index (χ0) is 8.81. The number of benzene rings is 1. The lowest BCUT2D eigenvalue weighted by molar-refractivity contribution is 0.199. The Morgan fingerprint density at radius 1 is 1.31 bits per heavy atom. The quantitative estimate of drug-likeness (QED) is 0.549. The molecule has 3 N–H and O–H groups in total. The molecule has 0 amide bonds. The molecule has 0 spiro atoms. The summed E-state index contributed by atoms with van der Waals surface area (Å²) in [5.41, 5.74) is 5.02. The first-order valence-corrected chi connectivity index (χ1v) is 3.54. The Morgan fingerprint density at radius 2 is 1.92 bits per heavy atom. The molecule has 0 fully saturated rings. The van der Waals surface area contributed by atoms with Crippen molar-refractivity contribution in [2.75, 3.05) is 6.73 Å². The Balaban J connectivity index is 0.00000144. The maximum absolute atomic E-state index is 8.98. The summed E-state index contributed by atoms with van der Waals surface area (Å²) in [6, 6.07) is 8.87. The molecule has 13 heavy (non-hydrogen) atoms. The minimum Gasteiger partial charge on any atom is -0.512 e. The lowest BCUT2D eigenvalue weighted by Crippen LogP contribution is -2.28. The van der Waals surface area contributed by atoms with Gasteiger partial charge in [-0.15, -0.1) is 12.4 Å². The molecular formula is C7H11BClNO3. The third kappa shape index (κ3) is 4.74. The Labute approximate surface area is 83.2 Å². The predicted molar refractivity (Wildman–Crippen MR) is 52.4 cm³/mol. The largest absolute Gasteiger partial charge is 0.711 e. The maximum atomic E-state index is 8.98. The first-order valence-electron chi connectivity index (χ1n) is 3.54. The Morgan fingerprint density at radius 3 is 2.46 bits per heavy atom. The average Bonchev–Trinajstić information content (AvgIpc) is 2.06. The first-order chi connectivity index (χ1) is 5.83.